The predicted molar refractivity (Wildman–Crippen MR) is 115 cm³/mol. The van der Waals surface area contributed by atoms with Gasteiger partial charge in [0.15, 0.2) is 0 Å². The second-order valence-electron chi connectivity index (χ2n) is 7.32. The van der Waals surface area contributed by atoms with Gasteiger partial charge >= 0.3 is 6.03 Å². The smallest absolute Gasteiger partial charge is 0.322 e. The fraction of sp³-hybridized carbons (Fsp3) is 0.292. The first-order chi connectivity index (χ1) is 14.5. The maximum absolute atomic E-state index is 13.5. The van der Waals surface area contributed by atoms with Crippen molar-refractivity contribution in [2.24, 2.45) is 0 Å². The summed E-state index contributed by atoms with van der Waals surface area (Å²) in [4.78, 5) is 14.6. The minimum Gasteiger partial charge on any atom is -0.345 e. The molecule has 0 saturated carbocycles. The molecule has 0 aliphatic rings. The van der Waals surface area contributed by atoms with Gasteiger partial charge < -0.3 is 14.8 Å². The Bertz CT molecular complexity index is 953. The Hall–Kier alpha value is -3.15. The van der Waals surface area contributed by atoms with Gasteiger partial charge in [-0.05, 0) is 54.4 Å². The summed E-state index contributed by atoms with van der Waals surface area (Å²) >= 11 is 0. The molecule has 0 fully saturated rings. The third-order valence-corrected chi connectivity index (χ3v) is 4.94. The van der Waals surface area contributed by atoms with Crippen molar-refractivity contribution in [3.05, 3.63) is 89.8 Å². The average Bonchev–Trinajstić information content (AvgIpc) is 3.15. The van der Waals surface area contributed by atoms with E-state index in [9.17, 15) is 13.6 Å². The monoisotopic (exact) mass is 411 g/mol. The SMILES string of the molecule is CCCCCN(Cc1cccn1Cc1ccc(F)cc1)C(=O)Nc1cccc(F)c1. The molecule has 0 bridgehead atoms. The summed E-state index contributed by atoms with van der Waals surface area (Å²) < 4.78 is 28.7. The molecule has 3 aromatic rings. The van der Waals surface area contributed by atoms with E-state index in [4.69, 9.17) is 0 Å². The summed E-state index contributed by atoms with van der Waals surface area (Å²) in [7, 11) is 0. The number of halogens is 2. The number of nitrogens with one attached hydrogen (secondary N) is 1. The normalized spacial score (nSPS) is 10.8. The minimum absolute atomic E-state index is 0.258. The highest BCUT2D eigenvalue weighted by Crippen LogP contribution is 2.15. The van der Waals surface area contributed by atoms with Crippen LogP contribution in [0.4, 0.5) is 19.3 Å². The van der Waals surface area contributed by atoms with E-state index in [0.717, 1.165) is 30.5 Å². The predicted octanol–water partition coefficient (Wildman–Crippen LogP) is 6.04. The van der Waals surface area contributed by atoms with Gasteiger partial charge in [0.1, 0.15) is 11.6 Å². The number of carbonyl (C=O) groups excluding carboxylic acids is 1. The molecule has 0 aliphatic heterocycles. The number of aromatic nitrogens is 1. The van der Waals surface area contributed by atoms with Crippen molar-refractivity contribution in [1.82, 2.24) is 9.47 Å². The molecule has 0 saturated heterocycles. The van der Waals surface area contributed by atoms with E-state index < -0.39 is 5.82 Å². The summed E-state index contributed by atoms with van der Waals surface area (Å²) in [6, 6.07) is 16.0. The van der Waals surface area contributed by atoms with Gasteiger partial charge in [-0.3, -0.25) is 0 Å². The van der Waals surface area contributed by atoms with Crippen LogP contribution in [0.2, 0.25) is 0 Å². The molecule has 1 N–H and O–H groups in total. The Morgan fingerprint density at radius 2 is 1.80 bits per heavy atom. The van der Waals surface area contributed by atoms with Crippen LogP contribution in [0.25, 0.3) is 0 Å². The lowest BCUT2D eigenvalue weighted by molar-refractivity contribution is 0.206. The van der Waals surface area contributed by atoms with Crippen LogP contribution in [0.3, 0.4) is 0 Å². The summed E-state index contributed by atoms with van der Waals surface area (Å²) in [5.41, 5.74) is 2.39. The highest BCUT2D eigenvalue weighted by molar-refractivity contribution is 5.89. The van der Waals surface area contributed by atoms with E-state index in [-0.39, 0.29) is 11.8 Å². The maximum atomic E-state index is 13.5. The first kappa shape index (κ1) is 21.6. The molecule has 1 heterocycles. The molecule has 2 aromatic carbocycles. The van der Waals surface area contributed by atoms with Gasteiger partial charge in [-0.1, -0.05) is 38.0 Å². The van der Waals surface area contributed by atoms with Crippen molar-refractivity contribution in [2.75, 3.05) is 11.9 Å². The number of urea groups is 1. The van der Waals surface area contributed by atoms with E-state index in [1.54, 1.807) is 29.2 Å². The van der Waals surface area contributed by atoms with Crippen molar-refractivity contribution in [3.63, 3.8) is 0 Å². The Morgan fingerprint density at radius 1 is 1.00 bits per heavy atom. The summed E-state index contributed by atoms with van der Waals surface area (Å²) in [5, 5.41) is 2.79. The number of hydrogen-bond donors (Lipinski definition) is 1. The van der Waals surface area contributed by atoms with Crippen LogP contribution in [0.5, 0.6) is 0 Å². The van der Waals surface area contributed by atoms with E-state index in [2.05, 4.69) is 16.8 Å². The second kappa shape index (κ2) is 10.6. The highest BCUT2D eigenvalue weighted by atomic mass is 19.1. The van der Waals surface area contributed by atoms with Crippen LogP contribution in [0, 0.1) is 11.6 Å². The van der Waals surface area contributed by atoms with Crippen LogP contribution in [0.15, 0.2) is 66.9 Å². The van der Waals surface area contributed by atoms with Crippen molar-refractivity contribution in [3.8, 4) is 0 Å². The van der Waals surface area contributed by atoms with E-state index >= 15 is 0 Å². The number of carbonyl (C=O) groups is 1. The number of unbranched alkanes of at least 4 members (excludes halogenated alkanes) is 2. The molecule has 6 heteroatoms. The summed E-state index contributed by atoms with van der Waals surface area (Å²) in [6.07, 6.45) is 4.93. The van der Waals surface area contributed by atoms with Gasteiger partial charge in [0.2, 0.25) is 0 Å². The number of benzene rings is 2. The molecule has 0 unspecified atom stereocenters. The molecule has 158 valence electrons. The third kappa shape index (κ3) is 6.17. The highest BCUT2D eigenvalue weighted by Gasteiger charge is 2.16. The van der Waals surface area contributed by atoms with Gasteiger partial charge in [0, 0.05) is 30.7 Å². The number of nitrogens with zero attached hydrogens (tertiary/aromatic N) is 2. The maximum Gasteiger partial charge on any atom is 0.322 e. The third-order valence-electron chi connectivity index (χ3n) is 4.94. The number of rotatable bonds is 9. The zero-order chi connectivity index (χ0) is 21.3. The molecule has 0 radical (unpaired) electrons. The zero-order valence-corrected chi connectivity index (χ0v) is 17.2. The van der Waals surface area contributed by atoms with Crippen LogP contribution >= 0.6 is 0 Å². The van der Waals surface area contributed by atoms with Crippen LogP contribution < -0.4 is 5.32 Å². The average molecular weight is 411 g/mol. The van der Waals surface area contributed by atoms with Crippen molar-refractivity contribution in [1.29, 1.82) is 0 Å². The molecule has 0 aliphatic carbocycles. The van der Waals surface area contributed by atoms with Crippen molar-refractivity contribution < 1.29 is 13.6 Å². The molecule has 1 aromatic heterocycles. The molecule has 30 heavy (non-hydrogen) atoms. The Balaban J connectivity index is 1.72. The Labute approximate surface area is 176 Å². The van der Waals surface area contributed by atoms with Crippen LogP contribution in [0.1, 0.15) is 37.4 Å². The van der Waals surface area contributed by atoms with E-state index in [1.165, 1.54) is 24.3 Å². The molecular formula is C24H27F2N3O. The van der Waals surface area contributed by atoms with Gasteiger partial charge in [-0.25, -0.2) is 13.6 Å². The van der Waals surface area contributed by atoms with Gasteiger partial charge in [0.25, 0.3) is 0 Å². The van der Waals surface area contributed by atoms with Gasteiger partial charge in [-0.2, -0.15) is 0 Å². The number of amides is 2. The number of anilines is 1. The second-order valence-corrected chi connectivity index (χ2v) is 7.32. The standard InChI is InChI=1S/C24H27F2N3O/c1-2-3-4-14-29(24(30)27-22-8-5-7-21(26)16-22)18-23-9-6-15-28(23)17-19-10-12-20(25)13-11-19/h5-13,15-16H,2-4,14,17-18H2,1H3,(H,27,30). The quantitative estimate of drug-likeness (QED) is 0.428. The van der Waals surface area contributed by atoms with E-state index in [1.807, 2.05) is 18.3 Å². The fourth-order valence-corrected chi connectivity index (χ4v) is 3.30. The first-order valence-electron chi connectivity index (χ1n) is 10.2. The van der Waals surface area contributed by atoms with Crippen LogP contribution in [-0.4, -0.2) is 22.0 Å². The molecule has 0 spiro atoms. The van der Waals surface area contributed by atoms with Crippen molar-refractivity contribution in [2.45, 2.75) is 39.3 Å². The molecule has 3 rings (SSSR count). The lowest BCUT2D eigenvalue weighted by Gasteiger charge is -2.24. The molecule has 0 atom stereocenters. The lowest BCUT2D eigenvalue weighted by Crippen LogP contribution is -2.36. The molecule has 4 nitrogen and oxygen atoms in total. The Morgan fingerprint density at radius 3 is 2.53 bits per heavy atom. The summed E-state index contributed by atoms with van der Waals surface area (Å²) in [6.45, 7) is 3.75. The number of hydrogen-bond acceptors (Lipinski definition) is 1. The first-order valence-corrected chi connectivity index (χ1v) is 10.2. The van der Waals surface area contributed by atoms with Gasteiger partial charge in [0.05, 0.1) is 6.54 Å². The van der Waals surface area contributed by atoms with Crippen LogP contribution in [-0.2, 0) is 13.1 Å². The summed E-state index contributed by atoms with van der Waals surface area (Å²) in [5.74, 6) is -0.652. The van der Waals surface area contributed by atoms with Gasteiger partial charge in [-0.15, -0.1) is 0 Å². The lowest BCUT2D eigenvalue weighted by atomic mass is 10.2. The van der Waals surface area contributed by atoms with Crippen molar-refractivity contribution >= 4 is 11.7 Å². The fourth-order valence-electron chi connectivity index (χ4n) is 3.30. The van der Waals surface area contributed by atoms with E-state index in [0.29, 0.717) is 25.3 Å². The minimum atomic E-state index is -0.390. The Kier molecular flexibility index (Phi) is 7.60. The zero-order valence-electron chi connectivity index (χ0n) is 17.2. The topological polar surface area (TPSA) is 37.3 Å². The molecular weight excluding hydrogens is 384 g/mol. The largest absolute Gasteiger partial charge is 0.345 e. The molecule has 2 amide bonds.